The molecule has 0 unspecified atom stereocenters. The first-order chi connectivity index (χ1) is 9.69. The molecule has 6 heteroatoms. The lowest BCUT2D eigenvalue weighted by Gasteiger charge is -2.09. The molecule has 3 N–H and O–H groups in total. The molecule has 1 heterocycles. The number of nitrogens with one attached hydrogen (secondary N) is 1. The van der Waals surface area contributed by atoms with Gasteiger partial charge >= 0.3 is 0 Å². The Bertz CT molecular complexity index is 598. The molecule has 0 amide bonds. The van der Waals surface area contributed by atoms with E-state index in [-0.39, 0.29) is 0 Å². The zero-order valence-corrected chi connectivity index (χ0v) is 14.1. The molecule has 20 heavy (non-hydrogen) atoms. The Balaban J connectivity index is 1.90. The Morgan fingerprint density at radius 2 is 2.15 bits per heavy atom. The van der Waals surface area contributed by atoms with Crippen LogP contribution in [0.5, 0.6) is 5.75 Å². The van der Waals surface area contributed by atoms with Crippen molar-refractivity contribution in [3.05, 3.63) is 44.2 Å². The van der Waals surface area contributed by atoms with Gasteiger partial charge in [-0.1, -0.05) is 12.1 Å². The normalized spacial score (nSPS) is 11.4. The summed E-state index contributed by atoms with van der Waals surface area (Å²) < 4.78 is 6.54. The second-order valence-corrected chi connectivity index (χ2v) is 7.11. The van der Waals surface area contributed by atoms with Gasteiger partial charge in [-0.3, -0.25) is 4.99 Å². The molecule has 2 rings (SSSR count). The van der Waals surface area contributed by atoms with Crippen LogP contribution in [0.15, 0.2) is 41.4 Å². The summed E-state index contributed by atoms with van der Waals surface area (Å²) in [6.45, 7) is 0.671. The summed E-state index contributed by atoms with van der Waals surface area (Å²) in [6.07, 6.45) is 0.905. The number of thiophene rings is 1. The van der Waals surface area contributed by atoms with Gasteiger partial charge in [-0.05, 0) is 46.9 Å². The van der Waals surface area contributed by atoms with E-state index in [9.17, 15) is 0 Å². The third-order valence-corrected chi connectivity index (χ3v) is 4.59. The first-order valence-electron chi connectivity index (χ1n) is 6.13. The molecular weight excluding hydrogens is 385 g/mol. The highest BCUT2D eigenvalue weighted by Gasteiger charge is 2.02. The average molecular weight is 401 g/mol. The second kappa shape index (κ2) is 7.49. The van der Waals surface area contributed by atoms with Crippen LogP contribution in [0.4, 0.5) is 5.69 Å². The van der Waals surface area contributed by atoms with Gasteiger partial charge in [0.2, 0.25) is 0 Å². The third kappa shape index (κ3) is 4.38. The lowest BCUT2D eigenvalue weighted by Crippen LogP contribution is -2.23. The van der Waals surface area contributed by atoms with Crippen molar-refractivity contribution in [3.8, 4) is 5.75 Å². The molecule has 0 fully saturated rings. The first kappa shape index (κ1) is 15.1. The van der Waals surface area contributed by atoms with E-state index in [0.717, 1.165) is 17.9 Å². The summed E-state index contributed by atoms with van der Waals surface area (Å²) in [7, 11) is 1.63. The van der Waals surface area contributed by atoms with Crippen molar-refractivity contribution in [2.75, 3.05) is 19.0 Å². The van der Waals surface area contributed by atoms with Crippen molar-refractivity contribution in [1.82, 2.24) is 0 Å². The van der Waals surface area contributed by atoms with Gasteiger partial charge in [0.25, 0.3) is 0 Å². The van der Waals surface area contributed by atoms with Crippen LogP contribution < -0.4 is 15.8 Å². The highest BCUT2D eigenvalue weighted by molar-refractivity contribution is 14.1. The van der Waals surface area contributed by atoms with Crippen LogP contribution in [0, 0.1) is 2.88 Å². The van der Waals surface area contributed by atoms with E-state index in [0.29, 0.717) is 12.5 Å². The van der Waals surface area contributed by atoms with Crippen molar-refractivity contribution >= 4 is 45.6 Å². The minimum Gasteiger partial charge on any atom is -0.495 e. The number of rotatable bonds is 5. The minimum absolute atomic E-state index is 0.403. The molecule has 0 bridgehead atoms. The zero-order chi connectivity index (χ0) is 14.4. The zero-order valence-electron chi connectivity index (χ0n) is 11.1. The first-order valence-corrected chi connectivity index (χ1v) is 8.02. The van der Waals surface area contributed by atoms with Gasteiger partial charge in [0.05, 0.1) is 15.7 Å². The molecule has 0 spiro atoms. The number of guanidine groups is 1. The summed E-state index contributed by atoms with van der Waals surface area (Å²) in [6, 6.07) is 11.9. The fourth-order valence-electron chi connectivity index (χ4n) is 1.70. The van der Waals surface area contributed by atoms with Gasteiger partial charge in [-0.15, -0.1) is 11.3 Å². The van der Waals surface area contributed by atoms with E-state index in [1.807, 2.05) is 24.3 Å². The van der Waals surface area contributed by atoms with Gasteiger partial charge in [-0.25, -0.2) is 0 Å². The van der Waals surface area contributed by atoms with Crippen molar-refractivity contribution in [2.24, 2.45) is 10.7 Å². The third-order valence-electron chi connectivity index (χ3n) is 2.64. The van der Waals surface area contributed by atoms with E-state index in [1.165, 1.54) is 7.76 Å². The summed E-state index contributed by atoms with van der Waals surface area (Å²) in [4.78, 5) is 5.65. The SMILES string of the molecule is COc1ccccc1NC(N)=NCCc1ccc(I)s1. The number of halogens is 1. The number of anilines is 1. The summed E-state index contributed by atoms with van der Waals surface area (Å²) >= 11 is 4.11. The summed E-state index contributed by atoms with van der Waals surface area (Å²) in [5, 5.41) is 3.06. The van der Waals surface area contributed by atoms with Gasteiger partial charge in [-0.2, -0.15) is 0 Å². The number of nitrogens with zero attached hydrogens (tertiary/aromatic N) is 1. The Labute approximate surface area is 136 Å². The van der Waals surface area contributed by atoms with E-state index in [1.54, 1.807) is 18.4 Å². The number of hydrogen-bond donors (Lipinski definition) is 2. The summed E-state index contributed by atoms with van der Waals surface area (Å²) in [5.41, 5.74) is 6.71. The van der Waals surface area contributed by atoms with E-state index >= 15 is 0 Å². The molecule has 1 aromatic heterocycles. The maximum atomic E-state index is 5.88. The fraction of sp³-hybridized carbons (Fsp3) is 0.214. The highest BCUT2D eigenvalue weighted by Crippen LogP contribution is 2.22. The van der Waals surface area contributed by atoms with Crippen molar-refractivity contribution in [3.63, 3.8) is 0 Å². The van der Waals surface area contributed by atoms with Crippen molar-refractivity contribution < 1.29 is 4.74 Å². The number of aliphatic imine (C=N–C) groups is 1. The molecule has 0 saturated heterocycles. The quantitative estimate of drug-likeness (QED) is 0.459. The standard InChI is InChI=1S/C14H16IN3OS/c1-19-12-5-3-2-4-11(12)18-14(16)17-9-8-10-6-7-13(15)20-10/h2-7H,8-9H2,1H3,(H3,16,17,18). The van der Waals surface area contributed by atoms with Gasteiger partial charge in [0, 0.05) is 17.8 Å². The maximum Gasteiger partial charge on any atom is 0.193 e. The van der Waals surface area contributed by atoms with E-state index in [4.69, 9.17) is 10.5 Å². The predicted octanol–water partition coefficient (Wildman–Crippen LogP) is 3.33. The Kier molecular flexibility index (Phi) is 5.66. The molecule has 0 aliphatic heterocycles. The molecule has 0 atom stereocenters. The van der Waals surface area contributed by atoms with Crippen LogP contribution in [0.2, 0.25) is 0 Å². The monoisotopic (exact) mass is 401 g/mol. The Hall–Kier alpha value is -1.28. The van der Waals surface area contributed by atoms with Gasteiger partial charge < -0.3 is 15.8 Å². The molecule has 2 aromatic rings. The number of ether oxygens (including phenoxy) is 1. The largest absolute Gasteiger partial charge is 0.495 e. The van der Waals surface area contributed by atoms with Crippen LogP contribution in [-0.4, -0.2) is 19.6 Å². The van der Waals surface area contributed by atoms with Crippen molar-refractivity contribution in [2.45, 2.75) is 6.42 Å². The molecule has 0 saturated carbocycles. The van der Waals surface area contributed by atoms with Crippen LogP contribution in [0.3, 0.4) is 0 Å². The van der Waals surface area contributed by atoms with Crippen molar-refractivity contribution in [1.29, 1.82) is 0 Å². The number of methoxy groups -OCH3 is 1. The van der Waals surface area contributed by atoms with Gasteiger partial charge in [0.15, 0.2) is 5.96 Å². The number of hydrogen-bond acceptors (Lipinski definition) is 3. The fourth-order valence-corrected chi connectivity index (χ4v) is 3.44. The van der Waals surface area contributed by atoms with E-state index < -0.39 is 0 Å². The highest BCUT2D eigenvalue weighted by atomic mass is 127. The number of benzene rings is 1. The Morgan fingerprint density at radius 1 is 1.35 bits per heavy atom. The van der Waals surface area contributed by atoms with Gasteiger partial charge in [0.1, 0.15) is 5.75 Å². The lowest BCUT2D eigenvalue weighted by atomic mass is 10.3. The van der Waals surface area contributed by atoms with Crippen LogP contribution >= 0.6 is 33.9 Å². The molecule has 0 aliphatic carbocycles. The Morgan fingerprint density at radius 3 is 2.85 bits per heavy atom. The smallest absolute Gasteiger partial charge is 0.193 e. The molecule has 0 radical (unpaired) electrons. The predicted molar refractivity (Wildman–Crippen MR) is 93.8 cm³/mol. The summed E-state index contributed by atoms with van der Waals surface area (Å²) in [5.74, 6) is 1.15. The number of para-hydroxylation sites is 2. The molecular formula is C14H16IN3OS. The van der Waals surface area contributed by atoms with Crippen LogP contribution in [0.1, 0.15) is 4.88 Å². The second-order valence-electron chi connectivity index (χ2n) is 4.05. The van der Waals surface area contributed by atoms with Crippen LogP contribution in [0.25, 0.3) is 0 Å². The molecule has 4 nitrogen and oxygen atoms in total. The topological polar surface area (TPSA) is 59.6 Å². The minimum atomic E-state index is 0.403. The molecule has 0 aliphatic rings. The lowest BCUT2D eigenvalue weighted by molar-refractivity contribution is 0.417. The van der Waals surface area contributed by atoms with E-state index in [2.05, 4.69) is 45.0 Å². The molecule has 1 aromatic carbocycles. The maximum absolute atomic E-state index is 5.88. The number of nitrogens with two attached hydrogens (primary N) is 1. The van der Waals surface area contributed by atoms with Crippen LogP contribution in [-0.2, 0) is 6.42 Å². The molecule has 106 valence electrons. The average Bonchev–Trinajstić information content (AvgIpc) is 2.85.